The Morgan fingerprint density at radius 1 is 1.12 bits per heavy atom. The number of carbonyl (C=O) groups excluding carboxylic acids is 2. The summed E-state index contributed by atoms with van der Waals surface area (Å²) >= 11 is 0. The van der Waals surface area contributed by atoms with Crippen LogP contribution in [0.15, 0.2) is 35.9 Å². The molecule has 0 radical (unpaired) electrons. The van der Waals surface area contributed by atoms with E-state index in [2.05, 4.69) is 16.7 Å². The summed E-state index contributed by atoms with van der Waals surface area (Å²) in [7, 11) is 1.62. The number of benzene rings is 1. The number of nitrogens with one attached hydrogen (secondary N) is 2. The van der Waals surface area contributed by atoms with Crippen molar-refractivity contribution < 1.29 is 14.3 Å². The van der Waals surface area contributed by atoms with Crippen molar-refractivity contribution in [2.45, 2.75) is 45.1 Å². The molecule has 0 heterocycles. The second-order valence-corrected chi connectivity index (χ2v) is 7.13. The molecule has 2 unspecified atom stereocenters. The molecule has 1 aromatic carbocycles. The van der Waals surface area contributed by atoms with Gasteiger partial charge < -0.3 is 15.4 Å². The van der Waals surface area contributed by atoms with Gasteiger partial charge in [0.05, 0.1) is 18.9 Å². The zero-order chi connectivity index (χ0) is 18.4. The van der Waals surface area contributed by atoms with Gasteiger partial charge in [-0.3, -0.25) is 9.59 Å². The Balaban J connectivity index is 1.38. The molecule has 1 saturated carbocycles. The summed E-state index contributed by atoms with van der Waals surface area (Å²) in [5, 5.41) is 5.91. The number of para-hydroxylation sites is 1. The molecule has 140 valence electrons. The molecule has 2 atom stereocenters. The molecule has 3 rings (SSSR count). The first-order chi connectivity index (χ1) is 12.7. The second kappa shape index (κ2) is 8.88. The van der Waals surface area contributed by atoms with Crippen molar-refractivity contribution in [3.8, 4) is 5.75 Å². The Bertz CT molecular complexity index is 684. The number of amides is 2. The lowest BCUT2D eigenvalue weighted by Gasteiger charge is -2.13. The average molecular weight is 356 g/mol. The lowest BCUT2D eigenvalue weighted by atomic mass is 9.97. The van der Waals surface area contributed by atoms with Gasteiger partial charge >= 0.3 is 0 Å². The Morgan fingerprint density at radius 2 is 1.88 bits per heavy atom. The average Bonchev–Trinajstić information content (AvgIpc) is 3.48. The summed E-state index contributed by atoms with van der Waals surface area (Å²) in [4.78, 5) is 24.5. The van der Waals surface area contributed by atoms with E-state index >= 15 is 0 Å². The molecule has 1 fully saturated rings. The van der Waals surface area contributed by atoms with Gasteiger partial charge in [0.1, 0.15) is 5.75 Å². The van der Waals surface area contributed by atoms with E-state index in [1.54, 1.807) is 7.11 Å². The summed E-state index contributed by atoms with van der Waals surface area (Å²) in [5.41, 5.74) is 2.39. The van der Waals surface area contributed by atoms with Gasteiger partial charge in [-0.2, -0.15) is 0 Å². The van der Waals surface area contributed by atoms with Crippen molar-refractivity contribution in [2.24, 2.45) is 11.8 Å². The maximum absolute atomic E-state index is 12.3. The summed E-state index contributed by atoms with van der Waals surface area (Å²) < 4.78 is 5.29. The summed E-state index contributed by atoms with van der Waals surface area (Å²) in [6.07, 6.45) is 8.75. The smallest absolute Gasteiger partial charge is 0.224 e. The Hall–Kier alpha value is -2.30. The Morgan fingerprint density at radius 3 is 2.62 bits per heavy atom. The Labute approximate surface area is 155 Å². The van der Waals surface area contributed by atoms with Crippen LogP contribution in [0.2, 0.25) is 0 Å². The Kier molecular flexibility index (Phi) is 6.31. The van der Waals surface area contributed by atoms with Crippen molar-refractivity contribution >= 4 is 11.8 Å². The van der Waals surface area contributed by atoms with Crippen LogP contribution in [0, 0.1) is 11.8 Å². The number of carbonyl (C=O) groups is 2. The van der Waals surface area contributed by atoms with Crippen LogP contribution in [-0.4, -0.2) is 25.5 Å². The van der Waals surface area contributed by atoms with Gasteiger partial charge in [0, 0.05) is 18.7 Å². The normalized spacial score (nSPS) is 21.5. The first-order valence-electron chi connectivity index (χ1n) is 9.54. The van der Waals surface area contributed by atoms with Crippen molar-refractivity contribution in [1.82, 2.24) is 10.6 Å². The van der Waals surface area contributed by atoms with Crippen LogP contribution in [0.4, 0.5) is 0 Å². The van der Waals surface area contributed by atoms with E-state index in [1.807, 2.05) is 24.3 Å². The number of hydrogen-bond donors (Lipinski definition) is 2. The van der Waals surface area contributed by atoms with Gasteiger partial charge in [-0.1, -0.05) is 29.8 Å². The molecular formula is C21H28N2O3. The third kappa shape index (κ3) is 4.87. The maximum Gasteiger partial charge on any atom is 0.224 e. The van der Waals surface area contributed by atoms with E-state index in [9.17, 15) is 9.59 Å². The predicted molar refractivity (Wildman–Crippen MR) is 101 cm³/mol. The van der Waals surface area contributed by atoms with E-state index in [0.717, 1.165) is 24.2 Å². The van der Waals surface area contributed by atoms with Crippen molar-refractivity contribution in [3.05, 3.63) is 41.5 Å². The summed E-state index contributed by atoms with van der Waals surface area (Å²) in [6, 6.07) is 7.61. The highest BCUT2D eigenvalue weighted by Gasteiger charge is 2.47. The number of allylic oxidation sites excluding steroid dienone is 1. The fraction of sp³-hybridized carbons (Fsp3) is 0.524. The first-order valence-corrected chi connectivity index (χ1v) is 9.54. The monoisotopic (exact) mass is 356 g/mol. The highest BCUT2D eigenvalue weighted by Crippen LogP contribution is 2.39. The number of methoxy groups -OCH3 is 1. The van der Waals surface area contributed by atoms with Crippen molar-refractivity contribution in [1.29, 1.82) is 0 Å². The van der Waals surface area contributed by atoms with E-state index in [1.165, 1.54) is 24.8 Å². The number of ether oxygens (including phenoxy) is 1. The van der Waals surface area contributed by atoms with E-state index < -0.39 is 0 Å². The van der Waals surface area contributed by atoms with Crippen LogP contribution < -0.4 is 15.4 Å². The standard InChI is InChI=1S/C21H28N2O3/c1-26-19-10-6-5-9-16(19)14-23-21(25)18-13-17(18)20(24)22-12-11-15-7-3-2-4-8-15/h5-7,9-10,17-18H,2-4,8,11-14H2,1H3,(H,22,24)(H,23,25). The molecule has 5 nitrogen and oxygen atoms in total. The lowest BCUT2D eigenvalue weighted by Crippen LogP contribution is -2.30. The topological polar surface area (TPSA) is 67.4 Å². The van der Waals surface area contributed by atoms with Crippen LogP contribution in [-0.2, 0) is 16.1 Å². The zero-order valence-corrected chi connectivity index (χ0v) is 15.4. The summed E-state index contributed by atoms with van der Waals surface area (Å²) in [6.45, 7) is 1.10. The molecule has 0 aromatic heterocycles. The van der Waals surface area contributed by atoms with Gasteiger partial charge in [0.2, 0.25) is 11.8 Å². The van der Waals surface area contributed by atoms with E-state index in [4.69, 9.17) is 4.74 Å². The quantitative estimate of drug-likeness (QED) is 0.704. The highest BCUT2D eigenvalue weighted by atomic mass is 16.5. The van der Waals surface area contributed by atoms with Crippen molar-refractivity contribution in [3.63, 3.8) is 0 Å². The second-order valence-electron chi connectivity index (χ2n) is 7.13. The molecule has 1 aromatic rings. The minimum Gasteiger partial charge on any atom is -0.496 e. The maximum atomic E-state index is 12.3. The predicted octanol–water partition coefficient (Wildman–Crippen LogP) is 2.95. The number of hydrogen-bond acceptors (Lipinski definition) is 3. The fourth-order valence-electron chi connectivity index (χ4n) is 3.55. The zero-order valence-electron chi connectivity index (χ0n) is 15.4. The molecular weight excluding hydrogens is 328 g/mol. The lowest BCUT2D eigenvalue weighted by molar-refractivity contribution is -0.127. The van der Waals surface area contributed by atoms with E-state index in [0.29, 0.717) is 19.5 Å². The highest BCUT2D eigenvalue weighted by molar-refractivity contribution is 5.92. The third-order valence-corrected chi connectivity index (χ3v) is 5.24. The minimum atomic E-state index is -0.196. The molecule has 5 heteroatoms. The molecule has 2 aliphatic carbocycles. The van der Waals surface area contributed by atoms with Crippen LogP contribution in [0.5, 0.6) is 5.75 Å². The third-order valence-electron chi connectivity index (χ3n) is 5.24. The molecule has 2 amide bonds. The van der Waals surface area contributed by atoms with Crippen molar-refractivity contribution in [2.75, 3.05) is 13.7 Å². The molecule has 0 bridgehead atoms. The van der Waals surface area contributed by atoms with Crippen LogP contribution in [0.3, 0.4) is 0 Å². The van der Waals surface area contributed by atoms with Gasteiger partial charge in [-0.25, -0.2) is 0 Å². The molecule has 0 aliphatic heterocycles. The molecule has 26 heavy (non-hydrogen) atoms. The summed E-state index contributed by atoms with van der Waals surface area (Å²) in [5.74, 6) is 0.353. The fourth-order valence-corrected chi connectivity index (χ4v) is 3.55. The molecule has 2 aliphatic rings. The van der Waals surface area contributed by atoms with Crippen LogP contribution in [0.25, 0.3) is 0 Å². The molecule has 2 N–H and O–H groups in total. The van der Waals surface area contributed by atoms with Gasteiger partial charge in [0.15, 0.2) is 0 Å². The minimum absolute atomic E-state index is 0.0128. The number of rotatable bonds is 8. The van der Waals surface area contributed by atoms with Gasteiger partial charge in [0.25, 0.3) is 0 Å². The molecule has 0 saturated heterocycles. The largest absolute Gasteiger partial charge is 0.496 e. The van der Waals surface area contributed by atoms with Gasteiger partial charge in [-0.15, -0.1) is 0 Å². The SMILES string of the molecule is COc1ccccc1CNC(=O)C1CC1C(=O)NCCC1=CCCCC1. The van der Waals surface area contributed by atoms with Gasteiger partial charge in [-0.05, 0) is 44.6 Å². The first kappa shape index (κ1) is 18.5. The molecule has 0 spiro atoms. The van der Waals surface area contributed by atoms with Crippen LogP contribution in [0.1, 0.15) is 44.1 Å². The van der Waals surface area contributed by atoms with E-state index in [-0.39, 0.29) is 23.7 Å². The van der Waals surface area contributed by atoms with Crippen LogP contribution >= 0.6 is 0 Å².